The number of hydrogen-bond donors (Lipinski definition) is 0. The third-order valence-electron chi connectivity index (χ3n) is 2.15. The molecule has 0 unspecified atom stereocenters. The van der Waals surface area contributed by atoms with Gasteiger partial charge >= 0.3 is 0 Å². The highest BCUT2D eigenvalue weighted by Crippen LogP contribution is 2.35. The minimum atomic E-state index is -0.891. The molecule has 0 N–H and O–H groups in total. The van der Waals surface area contributed by atoms with Gasteiger partial charge in [-0.1, -0.05) is 27.5 Å². The molecule has 0 spiro atoms. The Labute approximate surface area is 109 Å². The van der Waals surface area contributed by atoms with E-state index in [0.29, 0.717) is 0 Å². The lowest BCUT2D eigenvalue weighted by Crippen LogP contribution is -1.94. The molecular formula is C12H4BrClF3. The molecule has 0 atom stereocenters. The number of benzene rings is 2. The van der Waals surface area contributed by atoms with E-state index < -0.39 is 23.0 Å². The molecule has 5 heteroatoms. The zero-order valence-corrected chi connectivity index (χ0v) is 10.5. The van der Waals surface area contributed by atoms with Gasteiger partial charge in [0.05, 0.1) is 10.6 Å². The van der Waals surface area contributed by atoms with E-state index in [1.165, 1.54) is 12.1 Å². The molecule has 17 heavy (non-hydrogen) atoms. The Hall–Kier alpha value is -1.00. The topological polar surface area (TPSA) is 0 Å². The highest BCUT2D eigenvalue weighted by molar-refractivity contribution is 9.10. The molecular weight excluding hydrogens is 316 g/mol. The van der Waals surface area contributed by atoms with Crippen molar-refractivity contribution in [2.75, 3.05) is 0 Å². The van der Waals surface area contributed by atoms with Crippen molar-refractivity contribution in [1.29, 1.82) is 0 Å². The van der Waals surface area contributed by atoms with Gasteiger partial charge in [0.25, 0.3) is 0 Å². The molecule has 0 aliphatic heterocycles. The SMILES string of the molecule is Fc1[c]ccc(Cl)c1-c1c(F)cc(Br)cc1F. The fourth-order valence-corrected chi connectivity index (χ4v) is 2.10. The van der Waals surface area contributed by atoms with E-state index in [9.17, 15) is 13.2 Å². The lowest BCUT2D eigenvalue weighted by Gasteiger charge is -2.08. The lowest BCUT2D eigenvalue weighted by atomic mass is 10.0. The van der Waals surface area contributed by atoms with Crippen LogP contribution < -0.4 is 0 Å². The van der Waals surface area contributed by atoms with Crippen LogP contribution in [-0.4, -0.2) is 0 Å². The van der Waals surface area contributed by atoms with Crippen molar-refractivity contribution < 1.29 is 13.2 Å². The van der Waals surface area contributed by atoms with Gasteiger partial charge in [-0.2, -0.15) is 0 Å². The van der Waals surface area contributed by atoms with Crippen LogP contribution in [0.3, 0.4) is 0 Å². The van der Waals surface area contributed by atoms with Crippen LogP contribution in [0.4, 0.5) is 13.2 Å². The third-order valence-corrected chi connectivity index (χ3v) is 2.93. The fraction of sp³-hybridized carbons (Fsp3) is 0. The smallest absolute Gasteiger partial charge is 0.140 e. The van der Waals surface area contributed by atoms with E-state index in [1.807, 2.05) is 0 Å². The Balaban J connectivity index is 2.77. The summed E-state index contributed by atoms with van der Waals surface area (Å²) in [4.78, 5) is 0. The maximum Gasteiger partial charge on any atom is 0.140 e. The maximum atomic E-state index is 13.6. The van der Waals surface area contributed by atoms with Gasteiger partial charge in [-0.15, -0.1) is 0 Å². The average Bonchev–Trinajstić information content (AvgIpc) is 2.21. The standard InChI is InChI=1S/C12H4BrClF3/c13-6-4-9(16)12(10(17)5-6)11-7(14)2-1-3-8(11)15/h1-2,4-5H. The Bertz CT molecular complexity index is 541. The third kappa shape index (κ3) is 2.33. The zero-order chi connectivity index (χ0) is 12.6. The summed E-state index contributed by atoms with van der Waals surface area (Å²) in [5.41, 5.74) is -0.816. The van der Waals surface area contributed by atoms with Crippen molar-refractivity contribution in [2.24, 2.45) is 0 Å². The normalized spacial score (nSPS) is 10.6. The van der Waals surface area contributed by atoms with Gasteiger partial charge in [-0.3, -0.25) is 0 Å². The van der Waals surface area contributed by atoms with Crippen molar-refractivity contribution in [1.82, 2.24) is 0 Å². The second kappa shape index (κ2) is 4.70. The van der Waals surface area contributed by atoms with Gasteiger partial charge in [0.1, 0.15) is 17.5 Å². The predicted octanol–water partition coefficient (Wildman–Crippen LogP) is 4.99. The molecule has 0 nitrogen and oxygen atoms in total. The van der Waals surface area contributed by atoms with E-state index in [0.717, 1.165) is 12.1 Å². The van der Waals surface area contributed by atoms with Crippen molar-refractivity contribution in [3.05, 3.63) is 57.3 Å². The van der Waals surface area contributed by atoms with E-state index >= 15 is 0 Å². The molecule has 0 saturated carbocycles. The summed E-state index contributed by atoms with van der Waals surface area (Å²) in [7, 11) is 0. The van der Waals surface area contributed by atoms with Gasteiger partial charge in [0.2, 0.25) is 0 Å². The molecule has 0 bridgehead atoms. The van der Waals surface area contributed by atoms with Gasteiger partial charge in [-0.05, 0) is 24.3 Å². The molecule has 2 aromatic rings. The quantitative estimate of drug-likeness (QED) is 0.694. The molecule has 87 valence electrons. The first kappa shape index (κ1) is 12.5. The molecule has 0 fully saturated rings. The molecule has 0 aromatic heterocycles. The van der Waals surface area contributed by atoms with Crippen LogP contribution in [0, 0.1) is 23.5 Å². The van der Waals surface area contributed by atoms with Crippen molar-refractivity contribution in [3.63, 3.8) is 0 Å². The summed E-state index contributed by atoms with van der Waals surface area (Å²) in [6.45, 7) is 0. The minimum Gasteiger partial charge on any atom is -0.206 e. The Morgan fingerprint density at radius 2 is 1.65 bits per heavy atom. The van der Waals surface area contributed by atoms with E-state index in [-0.39, 0.29) is 15.1 Å². The first-order chi connectivity index (χ1) is 8.00. The Morgan fingerprint density at radius 1 is 1.06 bits per heavy atom. The molecule has 1 radical (unpaired) electrons. The summed E-state index contributed by atoms with van der Waals surface area (Å²) >= 11 is 8.68. The first-order valence-electron chi connectivity index (χ1n) is 4.51. The van der Waals surface area contributed by atoms with Crippen LogP contribution in [0.1, 0.15) is 0 Å². The molecule has 0 amide bonds. The predicted molar refractivity (Wildman–Crippen MR) is 63.3 cm³/mol. The zero-order valence-electron chi connectivity index (χ0n) is 8.20. The number of rotatable bonds is 1. The molecule has 2 rings (SSSR count). The van der Waals surface area contributed by atoms with Crippen LogP contribution in [0.25, 0.3) is 11.1 Å². The van der Waals surface area contributed by atoms with Crippen LogP contribution in [0.15, 0.2) is 28.7 Å². The summed E-state index contributed by atoms with van der Waals surface area (Å²) in [5, 5.41) is -0.0682. The van der Waals surface area contributed by atoms with E-state index in [4.69, 9.17) is 11.6 Å². The molecule has 0 aliphatic rings. The van der Waals surface area contributed by atoms with Crippen LogP contribution in [-0.2, 0) is 0 Å². The summed E-state index contributed by atoms with van der Waals surface area (Å²) in [5.74, 6) is -2.67. The second-order valence-electron chi connectivity index (χ2n) is 3.26. The maximum absolute atomic E-state index is 13.6. The van der Waals surface area contributed by atoms with Gasteiger partial charge < -0.3 is 0 Å². The van der Waals surface area contributed by atoms with Gasteiger partial charge in [-0.25, -0.2) is 13.2 Å². The summed E-state index contributed by atoms with van der Waals surface area (Å²) in [6.07, 6.45) is 0. The minimum absolute atomic E-state index is 0.0682. The summed E-state index contributed by atoms with van der Waals surface area (Å²) < 4.78 is 41.0. The first-order valence-corrected chi connectivity index (χ1v) is 5.68. The Kier molecular flexibility index (Phi) is 3.45. The van der Waals surface area contributed by atoms with E-state index in [1.54, 1.807) is 0 Å². The van der Waals surface area contributed by atoms with Crippen LogP contribution >= 0.6 is 27.5 Å². The number of halogens is 5. The largest absolute Gasteiger partial charge is 0.206 e. The Morgan fingerprint density at radius 3 is 2.18 bits per heavy atom. The summed E-state index contributed by atoms with van der Waals surface area (Å²) in [6, 6.07) is 6.86. The van der Waals surface area contributed by atoms with Crippen molar-refractivity contribution in [3.8, 4) is 11.1 Å². The van der Waals surface area contributed by atoms with Gasteiger partial charge in [0, 0.05) is 16.1 Å². The monoisotopic (exact) mass is 319 g/mol. The lowest BCUT2D eigenvalue weighted by molar-refractivity contribution is 0.580. The van der Waals surface area contributed by atoms with Crippen LogP contribution in [0.5, 0.6) is 0 Å². The molecule has 0 aliphatic carbocycles. The highest BCUT2D eigenvalue weighted by Gasteiger charge is 2.19. The fourth-order valence-electron chi connectivity index (χ4n) is 1.46. The molecule has 0 heterocycles. The molecule has 0 saturated heterocycles. The average molecular weight is 321 g/mol. The highest BCUT2D eigenvalue weighted by atomic mass is 79.9. The van der Waals surface area contributed by atoms with Crippen molar-refractivity contribution >= 4 is 27.5 Å². The van der Waals surface area contributed by atoms with Crippen LogP contribution in [0.2, 0.25) is 5.02 Å². The van der Waals surface area contributed by atoms with Gasteiger partial charge in [0.15, 0.2) is 0 Å². The van der Waals surface area contributed by atoms with E-state index in [2.05, 4.69) is 22.0 Å². The molecule has 2 aromatic carbocycles. The second-order valence-corrected chi connectivity index (χ2v) is 4.58. The number of hydrogen-bond acceptors (Lipinski definition) is 0. The van der Waals surface area contributed by atoms with Crippen molar-refractivity contribution in [2.45, 2.75) is 0 Å².